The summed E-state index contributed by atoms with van der Waals surface area (Å²) >= 11 is 0. The van der Waals surface area contributed by atoms with E-state index >= 15 is 0 Å². The lowest BCUT2D eigenvalue weighted by atomic mass is 9.75. The molecule has 168 valence electrons. The molecule has 0 amide bonds. The van der Waals surface area contributed by atoms with Crippen LogP contribution in [0.5, 0.6) is 5.75 Å². The number of benzene rings is 1. The highest BCUT2D eigenvalue weighted by Gasteiger charge is 2.48. The van der Waals surface area contributed by atoms with Crippen molar-refractivity contribution in [3.63, 3.8) is 0 Å². The number of halogens is 3. The number of allylic oxidation sites excluding steroid dienone is 2. The zero-order valence-electron chi connectivity index (χ0n) is 18.2. The molecule has 5 heterocycles. The van der Waals surface area contributed by atoms with Gasteiger partial charge in [-0.3, -0.25) is 4.90 Å². The van der Waals surface area contributed by atoms with Crippen molar-refractivity contribution in [2.75, 3.05) is 31.1 Å². The molecule has 0 radical (unpaired) electrons. The molecular weight excluding hydrogens is 413 g/mol. The maximum Gasteiger partial charge on any atom is 0.417 e. The summed E-state index contributed by atoms with van der Waals surface area (Å²) in [5.41, 5.74) is 5.53. The molecule has 32 heavy (non-hydrogen) atoms. The van der Waals surface area contributed by atoms with Gasteiger partial charge in [-0.15, -0.1) is 0 Å². The third kappa shape index (κ3) is 2.59. The summed E-state index contributed by atoms with van der Waals surface area (Å²) in [4.78, 5) is 4.82. The van der Waals surface area contributed by atoms with E-state index in [1.54, 1.807) is 0 Å². The van der Waals surface area contributed by atoms with E-state index in [2.05, 4.69) is 9.80 Å². The Morgan fingerprint density at radius 1 is 0.906 bits per heavy atom. The molecule has 6 heteroatoms. The van der Waals surface area contributed by atoms with Crippen molar-refractivity contribution >= 4 is 11.3 Å². The van der Waals surface area contributed by atoms with Crippen molar-refractivity contribution in [2.24, 2.45) is 0 Å². The van der Waals surface area contributed by atoms with Crippen LogP contribution in [-0.4, -0.2) is 43.3 Å². The van der Waals surface area contributed by atoms with E-state index in [1.807, 2.05) is 12.1 Å². The minimum atomic E-state index is -4.42. The Hall–Kier alpha value is -2.21. The number of fused-ring (bicyclic) bond motifs is 3. The Balaban J connectivity index is 1.53. The summed E-state index contributed by atoms with van der Waals surface area (Å²) in [7, 11) is 0. The van der Waals surface area contributed by atoms with Crippen molar-refractivity contribution in [3.8, 4) is 5.75 Å². The second-order valence-corrected chi connectivity index (χ2v) is 10.0. The number of piperidine rings is 2. The summed E-state index contributed by atoms with van der Waals surface area (Å²) in [6, 6.07) is 1.94. The molecule has 7 rings (SSSR count). The third-order valence-corrected chi connectivity index (χ3v) is 8.21. The zero-order chi connectivity index (χ0) is 21.6. The first kappa shape index (κ1) is 19.3. The number of nitrogens with zero attached hydrogens (tertiary/aromatic N) is 2. The van der Waals surface area contributed by atoms with Crippen LogP contribution >= 0.6 is 0 Å². The van der Waals surface area contributed by atoms with Gasteiger partial charge in [-0.25, -0.2) is 0 Å². The highest BCUT2D eigenvalue weighted by atomic mass is 19.4. The molecule has 1 aliphatic carbocycles. The first-order valence-corrected chi connectivity index (χ1v) is 12.1. The van der Waals surface area contributed by atoms with Crippen LogP contribution in [0.1, 0.15) is 55.2 Å². The Morgan fingerprint density at radius 2 is 1.66 bits per heavy atom. The number of rotatable bonds is 0. The van der Waals surface area contributed by atoms with Crippen LogP contribution in [0.4, 0.5) is 18.9 Å². The molecule has 1 aromatic carbocycles. The number of alkyl halides is 3. The lowest BCUT2D eigenvalue weighted by Crippen LogP contribution is -2.47. The lowest BCUT2D eigenvalue weighted by molar-refractivity contribution is -0.0698. The van der Waals surface area contributed by atoms with E-state index < -0.39 is 11.7 Å². The highest BCUT2D eigenvalue weighted by molar-refractivity contribution is 5.88. The quantitative estimate of drug-likeness (QED) is 0.526. The Morgan fingerprint density at radius 3 is 2.47 bits per heavy atom. The van der Waals surface area contributed by atoms with Crippen molar-refractivity contribution in [2.45, 2.75) is 63.6 Å². The molecule has 1 atom stereocenters. The second kappa shape index (κ2) is 6.66. The van der Waals surface area contributed by atoms with Gasteiger partial charge in [-0.1, -0.05) is 0 Å². The number of hydrogen-bond donors (Lipinski definition) is 0. The van der Waals surface area contributed by atoms with E-state index in [-0.39, 0.29) is 17.2 Å². The SMILES string of the molecule is FC(F)(F)C1=C2C=C3CCCN4CCCC(=C2Oc2c1cc1c5c2CCCN5CCC1)C34. The van der Waals surface area contributed by atoms with Gasteiger partial charge in [0.2, 0.25) is 0 Å². The van der Waals surface area contributed by atoms with Gasteiger partial charge < -0.3 is 9.64 Å². The van der Waals surface area contributed by atoms with Crippen LogP contribution in [0, 0.1) is 0 Å². The number of ether oxygens (including phenoxy) is 1. The van der Waals surface area contributed by atoms with Gasteiger partial charge >= 0.3 is 6.18 Å². The van der Waals surface area contributed by atoms with E-state index in [9.17, 15) is 13.2 Å². The topological polar surface area (TPSA) is 15.7 Å². The first-order chi connectivity index (χ1) is 15.5. The van der Waals surface area contributed by atoms with Crippen LogP contribution in [0.2, 0.25) is 0 Å². The lowest BCUT2D eigenvalue weighted by Gasteiger charge is -2.46. The summed E-state index contributed by atoms with van der Waals surface area (Å²) in [6.45, 7) is 4.02. The van der Waals surface area contributed by atoms with Crippen molar-refractivity contribution in [3.05, 3.63) is 51.3 Å². The molecule has 5 aliphatic heterocycles. The fraction of sp³-hybridized carbons (Fsp3) is 0.538. The third-order valence-electron chi connectivity index (χ3n) is 8.21. The van der Waals surface area contributed by atoms with Gasteiger partial charge in [0, 0.05) is 35.5 Å². The van der Waals surface area contributed by atoms with Gasteiger partial charge in [-0.2, -0.15) is 13.2 Å². The Kier molecular flexibility index (Phi) is 4.01. The summed E-state index contributed by atoms with van der Waals surface area (Å²) in [5.74, 6) is 0.994. The monoisotopic (exact) mass is 440 g/mol. The predicted molar refractivity (Wildman–Crippen MR) is 118 cm³/mol. The molecular formula is C26H27F3N2O. The smallest absolute Gasteiger partial charge is 0.417 e. The minimum absolute atomic E-state index is 0.137. The minimum Gasteiger partial charge on any atom is -0.456 e. The largest absolute Gasteiger partial charge is 0.456 e. The van der Waals surface area contributed by atoms with Crippen LogP contribution in [0.25, 0.3) is 5.57 Å². The van der Waals surface area contributed by atoms with Crippen molar-refractivity contribution < 1.29 is 17.9 Å². The first-order valence-electron chi connectivity index (χ1n) is 12.1. The molecule has 1 aromatic rings. The number of aryl methyl sites for hydroxylation is 1. The average molecular weight is 441 g/mol. The second-order valence-electron chi connectivity index (χ2n) is 10.0. The van der Waals surface area contributed by atoms with Gasteiger partial charge in [0.05, 0.1) is 11.6 Å². The van der Waals surface area contributed by atoms with Crippen LogP contribution in [0.15, 0.2) is 34.6 Å². The maximum atomic E-state index is 14.7. The predicted octanol–water partition coefficient (Wildman–Crippen LogP) is 5.55. The van der Waals surface area contributed by atoms with E-state index in [0.717, 1.165) is 106 Å². The normalized spacial score (nSPS) is 26.7. The Bertz CT molecular complexity index is 1120. The van der Waals surface area contributed by atoms with Crippen LogP contribution in [0.3, 0.4) is 0 Å². The summed E-state index contributed by atoms with van der Waals surface area (Å²) in [6.07, 6.45) is 4.73. The molecule has 0 saturated carbocycles. The molecule has 0 N–H and O–H groups in total. The molecule has 6 aliphatic rings. The molecule has 1 unspecified atom stereocenters. The molecule has 0 spiro atoms. The Labute approximate surface area is 186 Å². The van der Waals surface area contributed by atoms with E-state index in [0.29, 0.717) is 11.5 Å². The van der Waals surface area contributed by atoms with Gasteiger partial charge in [0.15, 0.2) is 0 Å². The summed E-state index contributed by atoms with van der Waals surface area (Å²) < 4.78 is 50.7. The van der Waals surface area contributed by atoms with Crippen molar-refractivity contribution in [1.29, 1.82) is 0 Å². The molecule has 0 aromatic heterocycles. The maximum absolute atomic E-state index is 14.7. The van der Waals surface area contributed by atoms with E-state index in [4.69, 9.17) is 4.74 Å². The molecule has 3 nitrogen and oxygen atoms in total. The van der Waals surface area contributed by atoms with Crippen molar-refractivity contribution in [1.82, 2.24) is 4.90 Å². The highest BCUT2D eigenvalue weighted by Crippen LogP contribution is 2.55. The fourth-order valence-electron chi connectivity index (χ4n) is 7.09. The molecule has 2 saturated heterocycles. The van der Waals surface area contributed by atoms with Gasteiger partial charge in [-0.05, 0) is 93.3 Å². The van der Waals surface area contributed by atoms with Crippen LogP contribution in [-0.2, 0) is 12.8 Å². The number of anilines is 1. The fourth-order valence-corrected chi connectivity index (χ4v) is 7.09. The zero-order valence-corrected chi connectivity index (χ0v) is 18.2. The van der Waals surface area contributed by atoms with E-state index in [1.165, 1.54) is 0 Å². The number of hydrogen-bond acceptors (Lipinski definition) is 3. The molecule has 2 fully saturated rings. The van der Waals surface area contributed by atoms with Gasteiger partial charge in [0.1, 0.15) is 11.5 Å². The summed E-state index contributed by atoms with van der Waals surface area (Å²) in [5, 5.41) is 0. The van der Waals surface area contributed by atoms with Gasteiger partial charge in [0.25, 0.3) is 0 Å². The average Bonchev–Trinajstić information content (AvgIpc) is 2.78. The van der Waals surface area contributed by atoms with Crippen LogP contribution < -0.4 is 9.64 Å². The standard InChI is InChI=1S/C26H27F3N2O/c27-26(28,29)21-19-13-15-5-1-9-30-11-3-7-17(22(15)30)24(19)32-25-18-8-4-12-31-10-2-6-16(23(18)31)14-20(21)25/h13-14,22H,1-12H2. The molecule has 0 bridgehead atoms.